The van der Waals surface area contributed by atoms with Crippen molar-refractivity contribution in [3.63, 3.8) is 0 Å². The van der Waals surface area contributed by atoms with E-state index in [-0.39, 0.29) is 32.5 Å². The van der Waals surface area contributed by atoms with Crippen LogP contribution < -0.4 is 10.5 Å². The summed E-state index contributed by atoms with van der Waals surface area (Å²) in [6.45, 7) is 2.05. The summed E-state index contributed by atoms with van der Waals surface area (Å²) in [5.74, 6) is -0.774. The van der Waals surface area contributed by atoms with Gasteiger partial charge in [-0.25, -0.2) is 4.79 Å². The van der Waals surface area contributed by atoms with Gasteiger partial charge in [0.2, 0.25) is 5.91 Å². The second kappa shape index (κ2) is 11.8. The molecule has 3 rings (SSSR count). The van der Waals surface area contributed by atoms with Gasteiger partial charge in [0.05, 0.1) is 13.5 Å². The third kappa shape index (κ3) is 6.90. The lowest BCUT2D eigenvalue weighted by atomic mass is 9.81. The molecule has 2 aromatic rings. The summed E-state index contributed by atoms with van der Waals surface area (Å²) >= 11 is 0. The lowest BCUT2D eigenvalue weighted by molar-refractivity contribution is -0.117. The van der Waals surface area contributed by atoms with Crippen LogP contribution in [0.25, 0.3) is 5.57 Å². The number of amides is 2. The fraction of sp³-hybridized carbons (Fsp3) is 0.333. The van der Waals surface area contributed by atoms with E-state index in [9.17, 15) is 22.8 Å². The number of methoxy groups -OCH3 is 1. The third-order valence-corrected chi connectivity index (χ3v) is 5.97. The van der Waals surface area contributed by atoms with Crippen molar-refractivity contribution in [2.24, 2.45) is 11.7 Å². The van der Waals surface area contributed by atoms with Crippen LogP contribution in [0.1, 0.15) is 30.0 Å². The van der Waals surface area contributed by atoms with Gasteiger partial charge in [-0.05, 0) is 42.2 Å². The second-order valence-corrected chi connectivity index (χ2v) is 8.47. The first-order valence-electron chi connectivity index (χ1n) is 11.5. The molecule has 0 heterocycles. The highest BCUT2D eigenvalue weighted by atomic mass is 19.4. The first-order chi connectivity index (χ1) is 17.1. The van der Waals surface area contributed by atoms with Gasteiger partial charge in [0.1, 0.15) is 12.4 Å². The average Bonchev–Trinajstić information content (AvgIpc) is 2.85. The van der Waals surface area contributed by atoms with Crippen LogP contribution in [-0.2, 0) is 22.6 Å². The Morgan fingerprint density at radius 2 is 1.81 bits per heavy atom. The molecule has 1 unspecified atom stereocenters. The first kappa shape index (κ1) is 26.8. The number of nitrogens with two attached hydrogens (primary N) is 1. The highest BCUT2D eigenvalue weighted by molar-refractivity contribution is 5.79. The van der Waals surface area contributed by atoms with Crippen LogP contribution >= 0.6 is 0 Å². The minimum atomic E-state index is -4.50. The predicted molar refractivity (Wildman–Crippen MR) is 130 cm³/mol. The van der Waals surface area contributed by atoms with E-state index in [2.05, 4.69) is 0 Å². The highest BCUT2D eigenvalue weighted by Crippen LogP contribution is 2.42. The SMILES string of the molecule is CCN(CC1CC(C(F)(F)F)=CC=C1c1cc(CC(N)=O)ccc1OC)C(=O)OCc1ccccc1. The molecular weight excluding hydrogens is 473 g/mol. The first-order valence-corrected chi connectivity index (χ1v) is 11.5. The molecule has 0 spiro atoms. The number of rotatable bonds is 9. The quantitative estimate of drug-likeness (QED) is 0.506. The molecule has 0 fully saturated rings. The summed E-state index contributed by atoms with van der Waals surface area (Å²) in [7, 11) is 1.46. The zero-order valence-electron chi connectivity index (χ0n) is 20.2. The van der Waals surface area contributed by atoms with Gasteiger partial charge in [-0.2, -0.15) is 13.2 Å². The average molecular weight is 503 g/mol. The van der Waals surface area contributed by atoms with Crippen molar-refractivity contribution in [3.05, 3.63) is 82.9 Å². The zero-order valence-corrected chi connectivity index (χ0v) is 20.2. The summed E-state index contributed by atoms with van der Waals surface area (Å²) in [4.78, 5) is 25.6. The maximum Gasteiger partial charge on any atom is 0.412 e. The van der Waals surface area contributed by atoms with Crippen molar-refractivity contribution in [3.8, 4) is 5.75 Å². The van der Waals surface area contributed by atoms with Crippen LogP contribution in [0.4, 0.5) is 18.0 Å². The van der Waals surface area contributed by atoms with Gasteiger partial charge in [0, 0.05) is 30.1 Å². The maximum atomic E-state index is 13.6. The summed E-state index contributed by atoms with van der Waals surface area (Å²) in [5, 5.41) is 0. The van der Waals surface area contributed by atoms with Crippen molar-refractivity contribution in [2.45, 2.75) is 32.5 Å². The molecule has 6 nitrogen and oxygen atoms in total. The fourth-order valence-electron chi connectivity index (χ4n) is 4.15. The summed E-state index contributed by atoms with van der Waals surface area (Å²) < 4.78 is 51.7. The molecule has 0 radical (unpaired) electrons. The van der Waals surface area contributed by atoms with Crippen molar-refractivity contribution < 1.29 is 32.2 Å². The minimum Gasteiger partial charge on any atom is -0.496 e. The maximum absolute atomic E-state index is 13.6. The zero-order chi connectivity index (χ0) is 26.3. The standard InChI is InChI=1S/C27H29F3N2O4/c1-3-32(26(34)36-17-18-7-5-4-6-8-18)16-20-15-21(27(28,29)30)10-11-22(20)23-13-19(14-25(31)33)9-12-24(23)35-2/h4-13,20H,3,14-17H2,1-2H3,(H2,31,33). The molecule has 0 bridgehead atoms. The van der Waals surface area contributed by atoms with E-state index in [1.54, 1.807) is 25.1 Å². The number of nitrogens with zero attached hydrogens (tertiary/aromatic N) is 1. The molecule has 1 atom stereocenters. The van der Waals surface area contributed by atoms with Crippen LogP contribution in [-0.4, -0.2) is 43.3 Å². The molecule has 192 valence electrons. The smallest absolute Gasteiger partial charge is 0.412 e. The Kier molecular flexibility index (Phi) is 8.79. The monoisotopic (exact) mass is 502 g/mol. The Balaban J connectivity index is 1.90. The van der Waals surface area contributed by atoms with E-state index in [0.29, 0.717) is 22.4 Å². The predicted octanol–water partition coefficient (Wildman–Crippen LogP) is 5.27. The van der Waals surface area contributed by atoms with Crippen molar-refractivity contribution >= 4 is 17.6 Å². The van der Waals surface area contributed by atoms with E-state index in [0.717, 1.165) is 11.6 Å². The second-order valence-electron chi connectivity index (χ2n) is 8.47. The van der Waals surface area contributed by atoms with Gasteiger partial charge in [0.15, 0.2) is 0 Å². The molecule has 2 aromatic carbocycles. The summed E-state index contributed by atoms with van der Waals surface area (Å²) in [6, 6.07) is 14.2. The number of benzene rings is 2. The molecule has 0 saturated carbocycles. The normalized spacial score (nSPS) is 15.5. The Labute approximate surface area is 208 Å². The minimum absolute atomic E-state index is 0.00653. The number of carbonyl (C=O) groups is 2. The molecule has 0 aliphatic heterocycles. The molecule has 1 aliphatic rings. The number of ether oxygens (including phenoxy) is 2. The summed E-state index contributed by atoms with van der Waals surface area (Å²) in [5.41, 5.74) is 7.18. The van der Waals surface area contributed by atoms with Crippen molar-refractivity contribution in [1.29, 1.82) is 0 Å². The number of carbonyl (C=O) groups excluding carboxylic acids is 2. The van der Waals surface area contributed by atoms with Crippen LogP contribution in [0, 0.1) is 5.92 Å². The Morgan fingerprint density at radius 3 is 2.42 bits per heavy atom. The molecule has 2 N–H and O–H groups in total. The van der Waals surface area contributed by atoms with E-state index in [4.69, 9.17) is 15.2 Å². The fourth-order valence-corrected chi connectivity index (χ4v) is 4.15. The molecule has 0 saturated heterocycles. The van der Waals surface area contributed by atoms with Crippen LogP contribution in [0.15, 0.2) is 66.3 Å². The number of hydrogen-bond acceptors (Lipinski definition) is 4. The molecule has 9 heteroatoms. The molecule has 1 aliphatic carbocycles. The molecule has 2 amide bonds. The van der Waals surface area contributed by atoms with E-state index < -0.39 is 29.7 Å². The van der Waals surface area contributed by atoms with Gasteiger partial charge in [-0.15, -0.1) is 0 Å². The Hall–Kier alpha value is -3.75. The molecule has 0 aromatic heterocycles. The van der Waals surface area contributed by atoms with Gasteiger partial charge >= 0.3 is 12.3 Å². The number of halogens is 3. The Bertz CT molecular complexity index is 1140. The van der Waals surface area contributed by atoms with Gasteiger partial charge in [0.25, 0.3) is 0 Å². The number of hydrogen-bond donors (Lipinski definition) is 1. The van der Waals surface area contributed by atoms with E-state index >= 15 is 0 Å². The molecular formula is C27H29F3N2O4. The Morgan fingerprint density at radius 1 is 1.08 bits per heavy atom. The van der Waals surface area contributed by atoms with Crippen LogP contribution in [0.3, 0.4) is 0 Å². The van der Waals surface area contributed by atoms with Crippen LogP contribution in [0.2, 0.25) is 0 Å². The third-order valence-electron chi connectivity index (χ3n) is 5.97. The lowest BCUT2D eigenvalue weighted by Gasteiger charge is -2.31. The van der Waals surface area contributed by atoms with Crippen molar-refractivity contribution in [1.82, 2.24) is 4.90 Å². The number of alkyl halides is 3. The number of allylic oxidation sites excluding steroid dienone is 3. The van der Waals surface area contributed by atoms with Crippen LogP contribution in [0.5, 0.6) is 5.75 Å². The van der Waals surface area contributed by atoms with E-state index in [1.165, 1.54) is 18.1 Å². The summed E-state index contributed by atoms with van der Waals surface area (Å²) in [6.07, 6.45) is -2.99. The van der Waals surface area contributed by atoms with E-state index in [1.807, 2.05) is 30.3 Å². The molecule has 36 heavy (non-hydrogen) atoms. The van der Waals surface area contributed by atoms with Gasteiger partial charge in [-0.1, -0.05) is 48.6 Å². The van der Waals surface area contributed by atoms with Crippen molar-refractivity contribution in [2.75, 3.05) is 20.2 Å². The number of primary amides is 1. The largest absolute Gasteiger partial charge is 0.496 e. The van der Waals surface area contributed by atoms with Gasteiger partial charge < -0.3 is 20.1 Å². The topological polar surface area (TPSA) is 81.9 Å². The highest BCUT2D eigenvalue weighted by Gasteiger charge is 2.38. The van der Waals surface area contributed by atoms with Gasteiger partial charge in [-0.3, -0.25) is 4.79 Å². The lowest BCUT2D eigenvalue weighted by Crippen LogP contribution is -2.37.